The molecule has 7 heteroatoms. The Morgan fingerprint density at radius 2 is 1.95 bits per heavy atom. The van der Waals surface area contributed by atoms with Gasteiger partial charge in [0, 0.05) is 18.0 Å². The summed E-state index contributed by atoms with van der Waals surface area (Å²) in [4.78, 5) is 11.2. The van der Waals surface area contributed by atoms with E-state index in [1.54, 1.807) is 13.1 Å². The zero-order chi connectivity index (χ0) is 14.6. The van der Waals surface area contributed by atoms with Crippen molar-refractivity contribution in [3.8, 4) is 0 Å². The van der Waals surface area contributed by atoms with Crippen LogP contribution in [0, 0.1) is 0 Å². The van der Waals surface area contributed by atoms with Crippen molar-refractivity contribution in [2.75, 3.05) is 7.05 Å². The van der Waals surface area contributed by atoms with Gasteiger partial charge < -0.3 is 5.11 Å². The second-order valence-electron chi connectivity index (χ2n) is 4.28. The zero-order valence-electron chi connectivity index (χ0n) is 11.3. The summed E-state index contributed by atoms with van der Waals surface area (Å²) >= 11 is 1.02. The van der Waals surface area contributed by atoms with Crippen LogP contribution in [0.1, 0.15) is 31.6 Å². The molecule has 0 aliphatic heterocycles. The van der Waals surface area contributed by atoms with Gasteiger partial charge in [0.05, 0.1) is 6.42 Å². The minimum atomic E-state index is -3.52. The minimum absolute atomic E-state index is 0.0324. The van der Waals surface area contributed by atoms with E-state index < -0.39 is 16.0 Å². The number of nitrogens with zero attached hydrogens (tertiary/aromatic N) is 1. The van der Waals surface area contributed by atoms with E-state index >= 15 is 0 Å². The largest absolute Gasteiger partial charge is 0.481 e. The summed E-state index contributed by atoms with van der Waals surface area (Å²) in [5, 5.41) is 8.70. The lowest BCUT2D eigenvalue weighted by atomic mass is 10.2. The first-order chi connectivity index (χ1) is 8.82. The molecule has 0 radical (unpaired) electrons. The quantitative estimate of drug-likeness (QED) is 0.838. The van der Waals surface area contributed by atoms with Gasteiger partial charge in [0.15, 0.2) is 0 Å². The summed E-state index contributed by atoms with van der Waals surface area (Å²) in [7, 11) is -1.95. The van der Waals surface area contributed by atoms with Gasteiger partial charge in [-0.2, -0.15) is 4.31 Å². The van der Waals surface area contributed by atoms with E-state index in [0.717, 1.165) is 24.2 Å². The van der Waals surface area contributed by atoms with Gasteiger partial charge in [0.25, 0.3) is 10.0 Å². The van der Waals surface area contributed by atoms with Crippen molar-refractivity contribution in [1.29, 1.82) is 0 Å². The Morgan fingerprint density at radius 1 is 1.37 bits per heavy atom. The van der Waals surface area contributed by atoms with E-state index in [1.165, 1.54) is 10.4 Å². The molecule has 0 amide bonds. The van der Waals surface area contributed by atoms with Crippen molar-refractivity contribution in [1.82, 2.24) is 4.31 Å². The molecule has 0 saturated carbocycles. The Morgan fingerprint density at radius 3 is 2.42 bits per heavy atom. The van der Waals surface area contributed by atoms with Crippen LogP contribution in [0.3, 0.4) is 0 Å². The van der Waals surface area contributed by atoms with Gasteiger partial charge in [0.2, 0.25) is 0 Å². The fourth-order valence-corrected chi connectivity index (χ4v) is 4.92. The van der Waals surface area contributed by atoms with Gasteiger partial charge in [-0.3, -0.25) is 4.79 Å². The fraction of sp³-hybridized carbons (Fsp3) is 0.583. The number of hydrogen-bond donors (Lipinski definition) is 1. The Balaban J connectivity index is 3.00. The maximum absolute atomic E-state index is 12.4. The number of rotatable bonds is 7. The summed E-state index contributed by atoms with van der Waals surface area (Å²) in [6.45, 7) is 3.90. The van der Waals surface area contributed by atoms with Crippen molar-refractivity contribution < 1.29 is 18.3 Å². The first-order valence-corrected chi connectivity index (χ1v) is 8.37. The maximum atomic E-state index is 12.4. The van der Waals surface area contributed by atoms with E-state index in [2.05, 4.69) is 0 Å². The van der Waals surface area contributed by atoms with Gasteiger partial charge in [0.1, 0.15) is 4.21 Å². The number of aliphatic carboxylic acids is 1. The van der Waals surface area contributed by atoms with E-state index in [4.69, 9.17) is 5.11 Å². The molecule has 0 saturated heterocycles. The molecule has 5 nitrogen and oxygen atoms in total. The van der Waals surface area contributed by atoms with Crippen LogP contribution < -0.4 is 0 Å². The van der Waals surface area contributed by atoms with Crippen LogP contribution in [-0.4, -0.2) is 36.9 Å². The van der Waals surface area contributed by atoms with E-state index in [0.29, 0.717) is 4.88 Å². The lowest BCUT2D eigenvalue weighted by Crippen LogP contribution is -2.35. The Hall–Kier alpha value is -0.920. The fourth-order valence-electron chi connectivity index (χ4n) is 1.88. The highest BCUT2D eigenvalue weighted by Gasteiger charge is 2.27. The summed E-state index contributed by atoms with van der Waals surface area (Å²) in [6.07, 6.45) is 1.36. The SMILES string of the molecule is CCC(CC)N(C)S(=O)(=O)c1ccc(CC(=O)O)s1. The predicted octanol–water partition coefficient (Wildman–Crippen LogP) is 2.18. The molecule has 0 atom stereocenters. The molecule has 0 aromatic carbocycles. The summed E-state index contributed by atoms with van der Waals surface area (Å²) < 4.78 is 26.3. The van der Waals surface area contributed by atoms with Crippen LogP contribution in [0.5, 0.6) is 0 Å². The third-order valence-corrected chi connectivity index (χ3v) is 6.52. The average molecular weight is 305 g/mol. The van der Waals surface area contributed by atoms with Gasteiger partial charge >= 0.3 is 5.97 Å². The molecule has 1 aromatic heterocycles. The molecular formula is C12H19NO4S2. The Bertz CT molecular complexity index is 532. The molecule has 0 unspecified atom stereocenters. The molecule has 1 heterocycles. The minimum Gasteiger partial charge on any atom is -0.481 e. The predicted molar refractivity (Wildman–Crippen MR) is 75.0 cm³/mol. The third kappa shape index (κ3) is 3.77. The lowest BCUT2D eigenvalue weighted by Gasteiger charge is -2.24. The average Bonchev–Trinajstić information content (AvgIpc) is 2.78. The molecule has 1 aromatic rings. The maximum Gasteiger partial charge on any atom is 0.308 e. The molecule has 0 fully saturated rings. The highest BCUT2D eigenvalue weighted by molar-refractivity contribution is 7.91. The summed E-state index contributed by atoms with van der Waals surface area (Å²) in [5.41, 5.74) is 0. The summed E-state index contributed by atoms with van der Waals surface area (Å²) in [5.74, 6) is -0.959. The van der Waals surface area contributed by atoms with Crippen LogP contribution >= 0.6 is 11.3 Å². The van der Waals surface area contributed by atoms with Crippen molar-refractivity contribution in [2.24, 2.45) is 0 Å². The number of sulfonamides is 1. The monoisotopic (exact) mass is 305 g/mol. The Labute approximate surface area is 117 Å². The van der Waals surface area contributed by atoms with Crippen LogP contribution in [0.15, 0.2) is 16.3 Å². The first-order valence-electron chi connectivity index (χ1n) is 6.11. The van der Waals surface area contributed by atoms with E-state index in [9.17, 15) is 13.2 Å². The zero-order valence-corrected chi connectivity index (χ0v) is 12.9. The standard InChI is InChI=1S/C12H19NO4S2/c1-4-9(5-2)13(3)19(16,17)12-7-6-10(18-12)8-11(14)15/h6-7,9H,4-5,8H2,1-3H3,(H,14,15). The van der Waals surface area contributed by atoms with Gasteiger partial charge in [-0.25, -0.2) is 8.42 Å². The van der Waals surface area contributed by atoms with Crippen molar-refractivity contribution in [3.05, 3.63) is 17.0 Å². The second-order valence-corrected chi connectivity index (χ2v) is 7.68. The van der Waals surface area contributed by atoms with Crippen molar-refractivity contribution in [2.45, 2.75) is 43.4 Å². The molecule has 0 aliphatic carbocycles. The van der Waals surface area contributed by atoms with Crippen molar-refractivity contribution >= 4 is 27.3 Å². The molecule has 108 valence electrons. The molecule has 0 aliphatic rings. The molecule has 1 rings (SSSR count). The number of carbonyl (C=O) groups is 1. The van der Waals surface area contributed by atoms with Crippen LogP contribution in [0.25, 0.3) is 0 Å². The van der Waals surface area contributed by atoms with Crippen molar-refractivity contribution in [3.63, 3.8) is 0 Å². The smallest absolute Gasteiger partial charge is 0.308 e. The van der Waals surface area contributed by atoms with Crippen LogP contribution in [0.4, 0.5) is 0 Å². The summed E-state index contributed by atoms with van der Waals surface area (Å²) in [6, 6.07) is 3.01. The Kier molecular flexibility index (Phi) is 5.51. The van der Waals surface area contributed by atoms with E-state index in [-0.39, 0.29) is 16.7 Å². The topological polar surface area (TPSA) is 74.7 Å². The molecule has 1 N–H and O–H groups in total. The highest BCUT2D eigenvalue weighted by atomic mass is 32.2. The molecule has 0 bridgehead atoms. The number of carboxylic acids is 1. The molecular weight excluding hydrogens is 286 g/mol. The number of thiophene rings is 1. The van der Waals surface area contributed by atoms with Crippen LogP contribution in [0.2, 0.25) is 0 Å². The second kappa shape index (κ2) is 6.49. The van der Waals surface area contributed by atoms with Gasteiger partial charge in [-0.1, -0.05) is 13.8 Å². The first kappa shape index (κ1) is 16.1. The highest BCUT2D eigenvalue weighted by Crippen LogP contribution is 2.26. The third-order valence-electron chi connectivity index (χ3n) is 3.05. The van der Waals surface area contributed by atoms with Gasteiger partial charge in [-0.15, -0.1) is 11.3 Å². The number of hydrogen-bond acceptors (Lipinski definition) is 4. The van der Waals surface area contributed by atoms with E-state index in [1.807, 2.05) is 13.8 Å². The molecule has 19 heavy (non-hydrogen) atoms. The molecule has 0 spiro atoms. The normalized spacial score (nSPS) is 12.3. The van der Waals surface area contributed by atoms with Gasteiger partial charge in [-0.05, 0) is 25.0 Å². The lowest BCUT2D eigenvalue weighted by molar-refractivity contribution is -0.136. The number of carboxylic acid groups (broad SMARTS) is 1. The van der Waals surface area contributed by atoms with Crippen LogP contribution in [-0.2, 0) is 21.2 Å².